The Bertz CT molecular complexity index is 1240. The summed E-state index contributed by atoms with van der Waals surface area (Å²) in [6, 6.07) is 11.2. The number of hydrogen-bond acceptors (Lipinski definition) is 6. The molecule has 0 saturated carbocycles. The van der Waals surface area contributed by atoms with Gasteiger partial charge in [0.15, 0.2) is 0 Å². The molecule has 1 amide bonds. The van der Waals surface area contributed by atoms with Crippen LogP contribution in [0.5, 0.6) is 0 Å². The van der Waals surface area contributed by atoms with Crippen molar-refractivity contribution in [3.63, 3.8) is 0 Å². The molecule has 3 aromatic rings. The lowest BCUT2D eigenvalue weighted by atomic mass is 10.2. The predicted octanol–water partition coefficient (Wildman–Crippen LogP) is 2.36. The van der Waals surface area contributed by atoms with Gasteiger partial charge in [-0.05, 0) is 49.4 Å². The maximum absolute atomic E-state index is 12.7. The van der Waals surface area contributed by atoms with Crippen molar-refractivity contribution in [1.29, 1.82) is 0 Å². The Kier molecular flexibility index (Phi) is 5.74. The molecule has 1 aliphatic rings. The number of hydrogen-bond donors (Lipinski definition) is 1. The molecule has 0 atom stereocenters. The van der Waals surface area contributed by atoms with Crippen LogP contribution in [0.2, 0.25) is 0 Å². The lowest BCUT2D eigenvalue weighted by Crippen LogP contribution is -2.40. The first-order valence-corrected chi connectivity index (χ1v) is 11.8. The summed E-state index contributed by atoms with van der Waals surface area (Å²) >= 11 is 1.13. The average molecular weight is 448 g/mol. The summed E-state index contributed by atoms with van der Waals surface area (Å²) in [7, 11) is -3.60. The van der Waals surface area contributed by atoms with Crippen LogP contribution in [-0.2, 0) is 21.3 Å². The summed E-state index contributed by atoms with van der Waals surface area (Å²) in [4.78, 5) is 24.7. The molecular formula is C20H21N3O5S2. The minimum absolute atomic E-state index is 0.0342. The van der Waals surface area contributed by atoms with E-state index >= 15 is 0 Å². The number of carbonyl (C=O) groups is 1. The molecule has 10 heteroatoms. The normalized spacial score (nSPS) is 15.4. The number of rotatable bonds is 5. The van der Waals surface area contributed by atoms with Gasteiger partial charge in [0.25, 0.3) is 5.91 Å². The van der Waals surface area contributed by atoms with Crippen LogP contribution in [0.25, 0.3) is 10.2 Å². The SMILES string of the molecule is CCn1c(=O)sc2cc(NC(=O)c3ccc(S(=O)(=O)N4CCOCC4)cc3)ccc21. The number of thiazole rings is 1. The summed E-state index contributed by atoms with van der Waals surface area (Å²) in [5.41, 5.74) is 1.75. The van der Waals surface area contributed by atoms with Gasteiger partial charge < -0.3 is 10.1 Å². The Labute approximate surface area is 177 Å². The first kappa shape index (κ1) is 20.7. The molecule has 2 aromatic carbocycles. The molecule has 1 fully saturated rings. The van der Waals surface area contributed by atoms with Crippen LogP contribution in [0.4, 0.5) is 5.69 Å². The Morgan fingerprint density at radius 1 is 1.13 bits per heavy atom. The van der Waals surface area contributed by atoms with E-state index in [0.29, 0.717) is 44.1 Å². The number of sulfonamides is 1. The fraction of sp³-hybridized carbons (Fsp3) is 0.300. The Balaban J connectivity index is 1.51. The van der Waals surface area contributed by atoms with Crippen LogP contribution >= 0.6 is 11.3 Å². The van der Waals surface area contributed by atoms with Crippen LogP contribution in [0.1, 0.15) is 17.3 Å². The molecular weight excluding hydrogens is 426 g/mol. The number of nitrogens with zero attached hydrogens (tertiary/aromatic N) is 2. The molecule has 0 aliphatic carbocycles. The number of anilines is 1. The average Bonchev–Trinajstić information content (AvgIpc) is 3.08. The van der Waals surface area contributed by atoms with E-state index in [2.05, 4.69) is 5.32 Å². The summed E-state index contributed by atoms with van der Waals surface area (Å²) in [6.45, 7) is 3.88. The molecule has 1 N–H and O–H groups in total. The molecule has 8 nitrogen and oxygen atoms in total. The topological polar surface area (TPSA) is 97.7 Å². The second-order valence-electron chi connectivity index (χ2n) is 6.79. The second kappa shape index (κ2) is 8.31. The highest BCUT2D eigenvalue weighted by atomic mass is 32.2. The summed E-state index contributed by atoms with van der Waals surface area (Å²) < 4.78 is 34.4. The molecule has 4 rings (SSSR count). The third-order valence-electron chi connectivity index (χ3n) is 4.97. The van der Waals surface area contributed by atoms with Gasteiger partial charge in [0.2, 0.25) is 10.0 Å². The van der Waals surface area contributed by atoms with Gasteiger partial charge >= 0.3 is 4.87 Å². The molecule has 158 valence electrons. The fourth-order valence-electron chi connectivity index (χ4n) is 3.36. The van der Waals surface area contributed by atoms with E-state index in [4.69, 9.17) is 4.74 Å². The zero-order chi connectivity index (χ0) is 21.3. The monoisotopic (exact) mass is 447 g/mol. The van der Waals surface area contributed by atoms with E-state index in [0.717, 1.165) is 21.6 Å². The third-order valence-corrected chi connectivity index (χ3v) is 7.82. The summed E-state index contributed by atoms with van der Waals surface area (Å²) in [5.74, 6) is -0.355. The molecule has 30 heavy (non-hydrogen) atoms. The number of amides is 1. The fourth-order valence-corrected chi connectivity index (χ4v) is 5.76. The highest BCUT2D eigenvalue weighted by Gasteiger charge is 2.26. The number of aromatic nitrogens is 1. The molecule has 0 spiro atoms. The van der Waals surface area contributed by atoms with Gasteiger partial charge in [-0.1, -0.05) is 11.3 Å². The first-order valence-electron chi connectivity index (χ1n) is 9.53. The smallest absolute Gasteiger partial charge is 0.308 e. The zero-order valence-electron chi connectivity index (χ0n) is 16.3. The molecule has 1 aliphatic heterocycles. The van der Waals surface area contributed by atoms with E-state index in [1.807, 2.05) is 13.0 Å². The predicted molar refractivity (Wildman–Crippen MR) is 116 cm³/mol. The molecule has 1 aromatic heterocycles. The van der Waals surface area contributed by atoms with Gasteiger partial charge in [0.05, 0.1) is 28.3 Å². The summed E-state index contributed by atoms with van der Waals surface area (Å²) in [5, 5.41) is 2.80. The first-order chi connectivity index (χ1) is 14.4. The van der Waals surface area contributed by atoms with E-state index in [9.17, 15) is 18.0 Å². The molecule has 0 bridgehead atoms. The van der Waals surface area contributed by atoms with Crippen molar-refractivity contribution < 1.29 is 17.9 Å². The van der Waals surface area contributed by atoms with Crippen molar-refractivity contribution in [3.8, 4) is 0 Å². The maximum Gasteiger partial charge on any atom is 0.308 e. The number of aryl methyl sites for hydroxylation is 1. The highest BCUT2D eigenvalue weighted by molar-refractivity contribution is 7.89. The van der Waals surface area contributed by atoms with Crippen molar-refractivity contribution in [1.82, 2.24) is 8.87 Å². The minimum atomic E-state index is -3.60. The van der Waals surface area contributed by atoms with Crippen molar-refractivity contribution >= 4 is 43.2 Å². The number of fused-ring (bicyclic) bond motifs is 1. The van der Waals surface area contributed by atoms with Crippen LogP contribution in [0, 0.1) is 0 Å². The molecule has 0 radical (unpaired) electrons. The number of carbonyl (C=O) groups excluding carboxylic acids is 1. The third kappa shape index (κ3) is 3.91. The second-order valence-corrected chi connectivity index (χ2v) is 9.72. The van der Waals surface area contributed by atoms with Gasteiger partial charge in [-0.2, -0.15) is 4.31 Å². The van der Waals surface area contributed by atoms with E-state index < -0.39 is 10.0 Å². The maximum atomic E-state index is 12.7. The van der Waals surface area contributed by atoms with E-state index in [1.165, 1.54) is 28.6 Å². The quantitative estimate of drug-likeness (QED) is 0.648. The Morgan fingerprint density at radius 3 is 2.50 bits per heavy atom. The number of ether oxygens (including phenoxy) is 1. The van der Waals surface area contributed by atoms with Crippen molar-refractivity contribution in [2.75, 3.05) is 31.6 Å². The van der Waals surface area contributed by atoms with Gasteiger partial charge in [-0.3, -0.25) is 14.2 Å². The zero-order valence-corrected chi connectivity index (χ0v) is 18.0. The standard InChI is InChI=1S/C20H21N3O5S2/c1-2-23-17-8-5-15(13-18(17)29-20(23)25)21-19(24)14-3-6-16(7-4-14)30(26,27)22-9-11-28-12-10-22/h3-8,13H,2,9-12H2,1H3,(H,21,24). The Hall–Kier alpha value is -2.53. The van der Waals surface area contributed by atoms with Crippen LogP contribution in [0.15, 0.2) is 52.2 Å². The lowest BCUT2D eigenvalue weighted by Gasteiger charge is -2.26. The Morgan fingerprint density at radius 2 is 1.83 bits per heavy atom. The van der Waals surface area contributed by atoms with Crippen LogP contribution < -0.4 is 10.2 Å². The van der Waals surface area contributed by atoms with Gasteiger partial charge in [0, 0.05) is 30.9 Å². The van der Waals surface area contributed by atoms with E-state index in [1.54, 1.807) is 16.7 Å². The van der Waals surface area contributed by atoms with Gasteiger partial charge in [0.1, 0.15) is 0 Å². The molecule has 1 saturated heterocycles. The van der Waals surface area contributed by atoms with E-state index in [-0.39, 0.29) is 15.7 Å². The van der Waals surface area contributed by atoms with Gasteiger partial charge in [-0.15, -0.1) is 0 Å². The molecule has 2 heterocycles. The minimum Gasteiger partial charge on any atom is -0.379 e. The number of benzene rings is 2. The van der Waals surface area contributed by atoms with Crippen molar-refractivity contribution in [2.24, 2.45) is 0 Å². The lowest BCUT2D eigenvalue weighted by molar-refractivity contribution is 0.0730. The van der Waals surface area contributed by atoms with Crippen molar-refractivity contribution in [3.05, 3.63) is 57.7 Å². The molecule has 0 unspecified atom stereocenters. The highest BCUT2D eigenvalue weighted by Crippen LogP contribution is 2.23. The van der Waals surface area contributed by atoms with Crippen LogP contribution in [-0.4, -0.2) is 49.5 Å². The number of morpholine rings is 1. The summed E-state index contributed by atoms with van der Waals surface area (Å²) in [6.07, 6.45) is 0. The largest absolute Gasteiger partial charge is 0.379 e. The van der Waals surface area contributed by atoms with Gasteiger partial charge in [-0.25, -0.2) is 8.42 Å². The number of nitrogens with one attached hydrogen (secondary N) is 1. The van der Waals surface area contributed by atoms with Crippen molar-refractivity contribution in [2.45, 2.75) is 18.4 Å². The van der Waals surface area contributed by atoms with Crippen LogP contribution in [0.3, 0.4) is 0 Å².